The number of aryl methyl sites for hydroxylation is 2. The summed E-state index contributed by atoms with van der Waals surface area (Å²) in [5.74, 6) is 0.774. The summed E-state index contributed by atoms with van der Waals surface area (Å²) < 4.78 is 11.9. The Morgan fingerprint density at radius 2 is 1.34 bits per heavy atom. The van der Waals surface area contributed by atoms with Gasteiger partial charge in [0.05, 0.1) is 21.1 Å². The highest BCUT2D eigenvalue weighted by molar-refractivity contribution is 7.26. The van der Waals surface area contributed by atoms with Gasteiger partial charge in [-0.15, -0.1) is 11.3 Å². The second-order valence-electron chi connectivity index (χ2n) is 15.2. The summed E-state index contributed by atoms with van der Waals surface area (Å²) in [7, 11) is 0. The second-order valence-corrected chi connectivity index (χ2v) is 16.3. The van der Waals surface area contributed by atoms with Crippen molar-refractivity contribution in [2.75, 3.05) is 0 Å². The van der Waals surface area contributed by atoms with Gasteiger partial charge in [-0.1, -0.05) is 133 Å². The molecule has 0 unspecified atom stereocenters. The number of hydrogen-bond donors (Lipinski definition) is 0. The highest BCUT2D eigenvalue weighted by atomic mass is 32.1. The standard InChI is InChI=1S/C51H31N3OS/c1-28-22-24-29(25-23-28)45-50(53-51-46(52-45)44-34-16-6-4-14-32(34)33-15-5-9-19-37(33)48(44)55-51)54-40-21-11-10-20-38(40)42-35-17-7-8-18-36(35)43-39-26-30-12-2-3-13-31(30)27-41(39)56-49(43)47(42)54/h2-6,8-16,18-27H,7,17H2,1H3. The molecule has 4 aromatic heterocycles. The van der Waals surface area contributed by atoms with Crippen molar-refractivity contribution in [3.05, 3.63) is 156 Å². The maximum absolute atomic E-state index is 6.92. The molecule has 4 nitrogen and oxygen atoms in total. The van der Waals surface area contributed by atoms with Crippen LogP contribution in [0.1, 0.15) is 23.1 Å². The Hall–Kier alpha value is -6.82. The molecule has 8 aromatic carbocycles. The molecular formula is C51H31N3OS. The zero-order valence-electron chi connectivity index (χ0n) is 30.4. The molecule has 56 heavy (non-hydrogen) atoms. The van der Waals surface area contributed by atoms with Crippen LogP contribution in [0.15, 0.2) is 144 Å². The molecule has 0 aliphatic heterocycles. The Labute approximate surface area is 324 Å². The fourth-order valence-corrected chi connectivity index (χ4v) is 10.9. The molecule has 0 N–H and O–H groups in total. The zero-order valence-corrected chi connectivity index (χ0v) is 31.2. The summed E-state index contributed by atoms with van der Waals surface area (Å²) in [5.41, 5.74) is 10.3. The SMILES string of the molecule is Cc1ccc(-c2nc3c(nc2-n2c4ccccc4c4c5c(c6c7cc8ccccc8cc7sc6c42)C=CCC5)oc2c4ccccc4c4ccccc4c32)cc1. The lowest BCUT2D eigenvalue weighted by Gasteiger charge is -2.17. The Morgan fingerprint density at radius 1 is 0.643 bits per heavy atom. The number of benzene rings is 8. The highest BCUT2D eigenvalue weighted by Gasteiger charge is 2.28. The predicted molar refractivity (Wildman–Crippen MR) is 237 cm³/mol. The summed E-state index contributed by atoms with van der Waals surface area (Å²) >= 11 is 1.89. The largest absolute Gasteiger partial charge is 0.436 e. The summed E-state index contributed by atoms with van der Waals surface area (Å²) in [5, 5.41) is 13.2. The molecule has 1 aliphatic rings. The van der Waals surface area contributed by atoms with Crippen LogP contribution >= 0.6 is 11.3 Å². The predicted octanol–water partition coefficient (Wildman–Crippen LogP) is 14.2. The van der Waals surface area contributed by atoms with Crippen LogP contribution in [0.2, 0.25) is 0 Å². The minimum atomic E-state index is 0.540. The van der Waals surface area contributed by atoms with Gasteiger partial charge >= 0.3 is 0 Å². The summed E-state index contributed by atoms with van der Waals surface area (Å²) in [6.45, 7) is 2.13. The number of hydrogen-bond acceptors (Lipinski definition) is 4. The van der Waals surface area contributed by atoms with Crippen molar-refractivity contribution in [2.24, 2.45) is 0 Å². The van der Waals surface area contributed by atoms with Gasteiger partial charge in [0.15, 0.2) is 5.82 Å². The van der Waals surface area contributed by atoms with E-state index in [9.17, 15) is 0 Å². The topological polar surface area (TPSA) is 43.9 Å². The van der Waals surface area contributed by atoms with Crippen LogP contribution in [0, 0.1) is 6.92 Å². The molecule has 4 heterocycles. The van der Waals surface area contributed by atoms with E-state index in [2.05, 4.69) is 157 Å². The van der Waals surface area contributed by atoms with E-state index in [-0.39, 0.29) is 0 Å². The smallest absolute Gasteiger partial charge is 0.248 e. The molecule has 12 aromatic rings. The number of para-hydroxylation sites is 1. The third-order valence-electron chi connectivity index (χ3n) is 12.1. The minimum absolute atomic E-state index is 0.540. The molecule has 0 saturated heterocycles. The van der Waals surface area contributed by atoms with Crippen molar-refractivity contribution in [3.63, 3.8) is 0 Å². The van der Waals surface area contributed by atoms with Crippen LogP contribution in [0.5, 0.6) is 0 Å². The van der Waals surface area contributed by atoms with E-state index in [0.717, 1.165) is 68.1 Å². The molecule has 0 radical (unpaired) electrons. The molecule has 0 bridgehead atoms. The Bertz CT molecular complexity index is 3710. The lowest BCUT2D eigenvalue weighted by Crippen LogP contribution is -2.04. The number of nitrogens with zero attached hydrogens (tertiary/aromatic N) is 3. The van der Waals surface area contributed by atoms with Gasteiger partial charge in [0.1, 0.15) is 16.8 Å². The van der Waals surface area contributed by atoms with Gasteiger partial charge in [0, 0.05) is 37.2 Å². The molecule has 1 aliphatic carbocycles. The lowest BCUT2D eigenvalue weighted by molar-refractivity contribution is 0.655. The van der Waals surface area contributed by atoms with Gasteiger partial charge < -0.3 is 4.42 Å². The highest BCUT2D eigenvalue weighted by Crippen LogP contribution is 2.50. The van der Waals surface area contributed by atoms with Crippen LogP contribution < -0.4 is 0 Å². The Morgan fingerprint density at radius 3 is 2.16 bits per heavy atom. The summed E-state index contributed by atoms with van der Waals surface area (Å²) in [6, 6.07) is 48.2. The fourth-order valence-electron chi connectivity index (χ4n) is 9.61. The average molecular weight is 734 g/mol. The number of fused-ring (bicyclic) bond motifs is 19. The van der Waals surface area contributed by atoms with Gasteiger partial charge in [0.2, 0.25) is 5.71 Å². The van der Waals surface area contributed by atoms with E-state index in [1.165, 1.54) is 69.3 Å². The van der Waals surface area contributed by atoms with Gasteiger partial charge in [-0.25, -0.2) is 4.98 Å². The summed E-state index contributed by atoms with van der Waals surface area (Å²) in [4.78, 5) is 11.3. The molecule has 13 rings (SSSR count). The van der Waals surface area contributed by atoms with Crippen LogP contribution in [0.4, 0.5) is 0 Å². The first-order chi connectivity index (χ1) is 27.7. The lowest BCUT2D eigenvalue weighted by atomic mass is 9.89. The first-order valence-corrected chi connectivity index (χ1v) is 20.1. The van der Waals surface area contributed by atoms with Gasteiger partial charge in [-0.3, -0.25) is 4.57 Å². The van der Waals surface area contributed by atoms with Crippen molar-refractivity contribution in [2.45, 2.75) is 19.8 Å². The minimum Gasteiger partial charge on any atom is -0.436 e. The molecule has 0 fully saturated rings. The number of allylic oxidation sites excluding steroid dienone is 1. The zero-order chi connectivity index (χ0) is 36.6. The third kappa shape index (κ3) is 4.02. The number of thiophene rings is 1. The van der Waals surface area contributed by atoms with Crippen molar-refractivity contribution in [1.82, 2.24) is 14.5 Å². The molecule has 0 spiro atoms. The van der Waals surface area contributed by atoms with Crippen LogP contribution in [0.25, 0.3) is 120 Å². The second kappa shape index (κ2) is 11.1. The molecule has 262 valence electrons. The van der Waals surface area contributed by atoms with Crippen molar-refractivity contribution in [1.29, 1.82) is 0 Å². The maximum atomic E-state index is 6.92. The van der Waals surface area contributed by atoms with E-state index < -0.39 is 0 Å². The van der Waals surface area contributed by atoms with E-state index in [4.69, 9.17) is 14.4 Å². The quantitative estimate of drug-likeness (QED) is 0.166. The molecular weight excluding hydrogens is 703 g/mol. The van der Waals surface area contributed by atoms with E-state index >= 15 is 0 Å². The normalized spacial score (nSPS) is 13.2. The third-order valence-corrected chi connectivity index (χ3v) is 13.3. The first kappa shape index (κ1) is 30.5. The maximum Gasteiger partial charge on any atom is 0.248 e. The Balaban J connectivity index is 1.25. The van der Waals surface area contributed by atoms with E-state index in [0.29, 0.717) is 5.71 Å². The van der Waals surface area contributed by atoms with E-state index in [1.54, 1.807) is 0 Å². The van der Waals surface area contributed by atoms with Crippen LogP contribution in [-0.2, 0) is 6.42 Å². The van der Waals surface area contributed by atoms with Gasteiger partial charge in [-0.2, -0.15) is 4.98 Å². The average Bonchev–Trinajstić information content (AvgIpc) is 3.93. The van der Waals surface area contributed by atoms with Crippen molar-refractivity contribution >= 4 is 114 Å². The number of furan rings is 1. The Kier molecular flexibility index (Phi) is 6.06. The van der Waals surface area contributed by atoms with Crippen molar-refractivity contribution in [3.8, 4) is 17.1 Å². The van der Waals surface area contributed by atoms with Crippen LogP contribution in [-0.4, -0.2) is 14.5 Å². The molecule has 0 amide bonds. The molecule has 0 saturated carbocycles. The van der Waals surface area contributed by atoms with Crippen LogP contribution in [0.3, 0.4) is 0 Å². The number of rotatable bonds is 2. The molecule has 0 atom stereocenters. The molecule has 5 heteroatoms. The van der Waals surface area contributed by atoms with Gasteiger partial charge in [-0.05, 0) is 76.0 Å². The van der Waals surface area contributed by atoms with Gasteiger partial charge in [0.25, 0.3) is 0 Å². The van der Waals surface area contributed by atoms with Crippen molar-refractivity contribution < 1.29 is 4.42 Å². The first-order valence-electron chi connectivity index (χ1n) is 19.3. The van der Waals surface area contributed by atoms with E-state index in [1.807, 2.05) is 11.3 Å². The monoisotopic (exact) mass is 733 g/mol. The number of aromatic nitrogens is 3. The fraction of sp³-hybridized carbons (Fsp3) is 0.0588. The summed E-state index contributed by atoms with van der Waals surface area (Å²) in [6.07, 6.45) is 6.72.